The molecule has 1 aromatic heterocycles. The van der Waals surface area contributed by atoms with Crippen LogP contribution in [0, 0.1) is 6.92 Å². The van der Waals surface area contributed by atoms with Gasteiger partial charge in [0, 0.05) is 18.4 Å². The predicted molar refractivity (Wildman–Crippen MR) is 76.5 cm³/mol. The third-order valence-electron chi connectivity index (χ3n) is 3.25. The summed E-state index contributed by atoms with van der Waals surface area (Å²) in [7, 11) is 0. The topological polar surface area (TPSA) is 24.9 Å². The van der Waals surface area contributed by atoms with Crippen LogP contribution in [0.2, 0.25) is 0 Å². The minimum atomic E-state index is 0.405. The highest BCUT2D eigenvalue weighted by Crippen LogP contribution is 2.24. The van der Waals surface area contributed by atoms with E-state index in [-0.39, 0.29) is 0 Å². The molecule has 94 valence electrons. The highest BCUT2D eigenvalue weighted by molar-refractivity contribution is 5.66. The second-order valence-corrected chi connectivity index (χ2v) is 4.59. The van der Waals surface area contributed by atoms with Gasteiger partial charge in [-0.05, 0) is 48.7 Å². The van der Waals surface area contributed by atoms with Crippen molar-refractivity contribution >= 4 is 0 Å². The van der Waals surface area contributed by atoms with Gasteiger partial charge in [0.25, 0.3) is 0 Å². The standard InChI is InChI=1S/C16H20N2/c1-4-18-13(3)14-5-7-15(8-6-14)16-9-10-17-11-12(16)2/h5-11,13,18H,4H2,1-3H3. The molecule has 2 nitrogen and oxygen atoms in total. The summed E-state index contributed by atoms with van der Waals surface area (Å²) in [6.45, 7) is 7.41. The van der Waals surface area contributed by atoms with Gasteiger partial charge in [0.2, 0.25) is 0 Å². The van der Waals surface area contributed by atoms with E-state index in [0.717, 1.165) is 6.54 Å². The van der Waals surface area contributed by atoms with Crippen molar-refractivity contribution in [3.8, 4) is 11.1 Å². The van der Waals surface area contributed by atoms with Crippen LogP contribution in [-0.2, 0) is 0 Å². The van der Waals surface area contributed by atoms with E-state index < -0.39 is 0 Å². The van der Waals surface area contributed by atoms with Gasteiger partial charge in [-0.1, -0.05) is 31.2 Å². The molecule has 1 N–H and O–H groups in total. The average molecular weight is 240 g/mol. The first-order valence-electron chi connectivity index (χ1n) is 6.46. The van der Waals surface area contributed by atoms with Crippen LogP contribution in [0.25, 0.3) is 11.1 Å². The smallest absolute Gasteiger partial charge is 0.0303 e. The van der Waals surface area contributed by atoms with E-state index in [1.165, 1.54) is 22.3 Å². The van der Waals surface area contributed by atoms with Gasteiger partial charge in [-0.3, -0.25) is 4.98 Å². The summed E-state index contributed by atoms with van der Waals surface area (Å²) in [5.41, 5.74) is 5.05. The lowest BCUT2D eigenvalue weighted by Crippen LogP contribution is -2.17. The molecule has 0 saturated heterocycles. The molecule has 0 fully saturated rings. The summed E-state index contributed by atoms with van der Waals surface area (Å²) < 4.78 is 0. The van der Waals surface area contributed by atoms with Crippen molar-refractivity contribution < 1.29 is 0 Å². The van der Waals surface area contributed by atoms with Gasteiger partial charge in [0.1, 0.15) is 0 Å². The predicted octanol–water partition coefficient (Wildman–Crippen LogP) is 3.73. The van der Waals surface area contributed by atoms with Gasteiger partial charge in [-0.15, -0.1) is 0 Å². The van der Waals surface area contributed by atoms with E-state index in [4.69, 9.17) is 0 Å². The van der Waals surface area contributed by atoms with Gasteiger partial charge < -0.3 is 5.32 Å². The monoisotopic (exact) mass is 240 g/mol. The first-order valence-corrected chi connectivity index (χ1v) is 6.46. The maximum atomic E-state index is 4.13. The number of rotatable bonds is 4. The first kappa shape index (κ1) is 12.8. The third kappa shape index (κ3) is 2.77. The number of nitrogens with one attached hydrogen (secondary N) is 1. The molecule has 0 spiro atoms. The second-order valence-electron chi connectivity index (χ2n) is 4.59. The molecule has 2 aromatic rings. The maximum absolute atomic E-state index is 4.13. The molecule has 1 aromatic carbocycles. The Morgan fingerprint density at radius 1 is 1.17 bits per heavy atom. The minimum Gasteiger partial charge on any atom is -0.310 e. The van der Waals surface area contributed by atoms with Crippen molar-refractivity contribution in [1.29, 1.82) is 0 Å². The number of hydrogen-bond acceptors (Lipinski definition) is 2. The summed E-state index contributed by atoms with van der Waals surface area (Å²) in [6, 6.07) is 11.2. The van der Waals surface area contributed by atoms with E-state index in [2.05, 4.69) is 61.4 Å². The molecule has 0 amide bonds. The second kappa shape index (κ2) is 5.78. The molecule has 2 rings (SSSR count). The number of pyridine rings is 1. The number of aryl methyl sites for hydroxylation is 1. The molecular formula is C16H20N2. The number of nitrogens with zero attached hydrogens (tertiary/aromatic N) is 1. The molecule has 0 aliphatic carbocycles. The van der Waals surface area contributed by atoms with E-state index in [1.807, 2.05) is 12.4 Å². The molecule has 0 radical (unpaired) electrons. The Bertz CT molecular complexity index is 503. The Balaban J connectivity index is 2.25. The molecule has 0 bridgehead atoms. The van der Waals surface area contributed by atoms with Crippen LogP contribution in [0.3, 0.4) is 0 Å². The minimum absolute atomic E-state index is 0.405. The van der Waals surface area contributed by atoms with E-state index in [1.54, 1.807) is 0 Å². The SMILES string of the molecule is CCNC(C)c1ccc(-c2ccncc2C)cc1. The van der Waals surface area contributed by atoms with Gasteiger partial charge in [0.05, 0.1) is 0 Å². The average Bonchev–Trinajstić information content (AvgIpc) is 2.40. The maximum Gasteiger partial charge on any atom is 0.0303 e. The van der Waals surface area contributed by atoms with Crippen molar-refractivity contribution in [3.63, 3.8) is 0 Å². The summed E-state index contributed by atoms with van der Waals surface area (Å²) in [5.74, 6) is 0. The molecule has 1 atom stereocenters. The molecule has 18 heavy (non-hydrogen) atoms. The Morgan fingerprint density at radius 2 is 1.89 bits per heavy atom. The van der Waals surface area contributed by atoms with Crippen LogP contribution >= 0.6 is 0 Å². The number of hydrogen-bond donors (Lipinski definition) is 1. The summed E-state index contributed by atoms with van der Waals surface area (Å²) in [4.78, 5) is 4.13. The van der Waals surface area contributed by atoms with Crippen molar-refractivity contribution in [3.05, 3.63) is 53.9 Å². The zero-order chi connectivity index (χ0) is 13.0. The summed E-state index contributed by atoms with van der Waals surface area (Å²) in [6.07, 6.45) is 3.75. The fourth-order valence-electron chi connectivity index (χ4n) is 2.17. The lowest BCUT2D eigenvalue weighted by molar-refractivity contribution is 0.598. The van der Waals surface area contributed by atoms with E-state index in [0.29, 0.717) is 6.04 Å². The van der Waals surface area contributed by atoms with Crippen LogP contribution < -0.4 is 5.32 Å². The van der Waals surface area contributed by atoms with E-state index >= 15 is 0 Å². The van der Waals surface area contributed by atoms with Crippen LogP contribution in [0.15, 0.2) is 42.7 Å². The summed E-state index contributed by atoms with van der Waals surface area (Å²) in [5, 5.41) is 3.42. The third-order valence-corrected chi connectivity index (χ3v) is 3.25. The molecular weight excluding hydrogens is 220 g/mol. The number of aromatic nitrogens is 1. The zero-order valence-corrected chi connectivity index (χ0v) is 11.3. The fourth-order valence-corrected chi connectivity index (χ4v) is 2.17. The summed E-state index contributed by atoms with van der Waals surface area (Å²) >= 11 is 0. The Labute approximate surface area is 109 Å². The van der Waals surface area contributed by atoms with Crippen molar-refractivity contribution in [1.82, 2.24) is 10.3 Å². The van der Waals surface area contributed by atoms with Gasteiger partial charge in [-0.2, -0.15) is 0 Å². The first-order chi connectivity index (χ1) is 8.72. The van der Waals surface area contributed by atoms with Gasteiger partial charge in [0.15, 0.2) is 0 Å². The van der Waals surface area contributed by atoms with Crippen LogP contribution in [-0.4, -0.2) is 11.5 Å². The quantitative estimate of drug-likeness (QED) is 0.881. The molecule has 1 heterocycles. The zero-order valence-electron chi connectivity index (χ0n) is 11.3. The van der Waals surface area contributed by atoms with Crippen molar-refractivity contribution in [2.75, 3.05) is 6.54 Å². The Kier molecular flexibility index (Phi) is 4.11. The lowest BCUT2D eigenvalue weighted by atomic mass is 9.99. The van der Waals surface area contributed by atoms with E-state index in [9.17, 15) is 0 Å². The molecule has 1 unspecified atom stereocenters. The van der Waals surface area contributed by atoms with Crippen molar-refractivity contribution in [2.45, 2.75) is 26.8 Å². The fraction of sp³-hybridized carbons (Fsp3) is 0.312. The normalized spacial score (nSPS) is 12.4. The molecule has 2 heteroatoms. The van der Waals surface area contributed by atoms with Gasteiger partial charge in [-0.25, -0.2) is 0 Å². The van der Waals surface area contributed by atoms with Crippen LogP contribution in [0.1, 0.15) is 31.0 Å². The Hall–Kier alpha value is -1.67. The Morgan fingerprint density at radius 3 is 2.50 bits per heavy atom. The lowest BCUT2D eigenvalue weighted by Gasteiger charge is -2.13. The highest BCUT2D eigenvalue weighted by atomic mass is 14.9. The molecule has 0 aliphatic rings. The largest absolute Gasteiger partial charge is 0.310 e. The number of benzene rings is 1. The molecule has 0 aliphatic heterocycles. The van der Waals surface area contributed by atoms with Crippen LogP contribution in [0.5, 0.6) is 0 Å². The van der Waals surface area contributed by atoms with Gasteiger partial charge >= 0.3 is 0 Å². The van der Waals surface area contributed by atoms with Crippen molar-refractivity contribution in [2.24, 2.45) is 0 Å². The van der Waals surface area contributed by atoms with Crippen LogP contribution in [0.4, 0.5) is 0 Å². The highest BCUT2D eigenvalue weighted by Gasteiger charge is 2.05. The molecule has 0 saturated carbocycles.